The summed E-state index contributed by atoms with van der Waals surface area (Å²) in [6.07, 6.45) is 2.12. The van der Waals surface area contributed by atoms with Crippen LogP contribution in [0.15, 0.2) is 58.1 Å². The first-order valence-corrected chi connectivity index (χ1v) is 11.2. The topological polar surface area (TPSA) is 110 Å². The standard InChI is InChI=1S/C23H26ClN5O4/c24-17-3-1-16(2-4-17)15-29-21(27-22(31)28(13-14-30)23(29)32)26-18-5-7-19(8-6-18)33-20-9-11-25-12-10-20/h1-8,20,25,30H,9-15H2,(H,26,27,31). The highest BCUT2D eigenvalue weighted by molar-refractivity contribution is 6.30. The Morgan fingerprint density at radius 1 is 1.06 bits per heavy atom. The predicted molar refractivity (Wildman–Crippen MR) is 127 cm³/mol. The molecule has 1 fully saturated rings. The van der Waals surface area contributed by atoms with Crippen molar-refractivity contribution in [1.29, 1.82) is 0 Å². The molecule has 33 heavy (non-hydrogen) atoms. The van der Waals surface area contributed by atoms with Gasteiger partial charge < -0.3 is 20.5 Å². The Kier molecular flexibility index (Phi) is 7.43. The van der Waals surface area contributed by atoms with E-state index in [4.69, 9.17) is 16.3 Å². The minimum atomic E-state index is -0.727. The molecule has 9 nitrogen and oxygen atoms in total. The third-order valence-electron chi connectivity index (χ3n) is 5.43. The van der Waals surface area contributed by atoms with Gasteiger partial charge in [-0.05, 0) is 67.9 Å². The van der Waals surface area contributed by atoms with Crippen LogP contribution in [0.25, 0.3) is 0 Å². The van der Waals surface area contributed by atoms with Crippen LogP contribution in [-0.4, -0.2) is 45.0 Å². The molecule has 0 radical (unpaired) electrons. The lowest BCUT2D eigenvalue weighted by molar-refractivity contribution is 0.162. The average molecular weight is 472 g/mol. The molecule has 0 saturated carbocycles. The summed E-state index contributed by atoms with van der Waals surface area (Å²) in [7, 11) is 0. The van der Waals surface area contributed by atoms with Gasteiger partial charge in [0, 0.05) is 10.7 Å². The first kappa shape index (κ1) is 23.0. The highest BCUT2D eigenvalue weighted by atomic mass is 35.5. The summed E-state index contributed by atoms with van der Waals surface area (Å²) in [5.41, 5.74) is 0.178. The number of anilines is 2. The molecule has 0 aliphatic carbocycles. The Balaban J connectivity index is 1.59. The van der Waals surface area contributed by atoms with E-state index >= 15 is 0 Å². The Bertz CT molecular complexity index is 1190. The van der Waals surface area contributed by atoms with Crippen molar-refractivity contribution in [3.8, 4) is 5.75 Å². The highest BCUT2D eigenvalue weighted by Crippen LogP contribution is 2.21. The zero-order chi connectivity index (χ0) is 23.2. The molecule has 1 aromatic heterocycles. The molecule has 1 saturated heterocycles. The molecule has 0 bridgehead atoms. The Hall–Kier alpha value is -3.14. The van der Waals surface area contributed by atoms with Gasteiger partial charge in [-0.2, -0.15) is 4.98 Å². The second-order valence-corrected chi connectivity index (χ2v) is 8.24. The number of piperidine rings is 1. The molecule has 174 valence electrons. The van der Waals surface area contributed by atoms with Crippen LogP contribution in [0.3, 0.4) is 0 Å². The second kappa shape index (κ2) is 10.7. The first-order valence-electron chi connectivity index (χ1n) is 10.8. The third kappa shape index (κ3) is 5.81. The largest absolute Gasteiger partial charge is 0.490 e. The zero-order valence-corrected chi connectivity index (χ0v) is 18.8. The summed E-state index contributed by atoms with van der Waals surface area (Å²) in [6, 6.07) is 14.4. The van der Waals surface area contributed by atoms with Gasteiger partial charge in [0.2, 0.25) is 5.95 Å². The van der Waals surface area contributed by atoms with Gasteiger partial charge >= 0.3 is 11.4 Å². The van der Waals surface area contributed by atoms with Gasteiger partial charge in [-0.25, -0.2) is 14.2 Å². The van der Waals surface area contributed by atoms with Crippen molar-refractivity contribution in [3.63, 3.8) is 0 Å². The third-order valence-corrected chi connectivity index (χ3v) is 5.68. The zero-order valence-electron chi connectivity index (χ0n) is 18.0. The number of rotatable bonds is 8. The smallest absolute Gasteiger partial charge is 0.355 e. The molecule has 3 aromatic rings. The molecule has 4 rings (SSSR count). The first-order chi connectivity index (χ1) is 16.0. The Morgan fingerprint density at radius 3 is 2.42 bits per heavy atom. The quantitative estimate of drug-likeness (QED) is 0.460. The van der Waals surface area contributed by atoms with E-state index in [1.54, 1.807) is 24.3 Å². The number of ether oxygens (including phenoxy) is 1. The maximum Gasteiger partial charge on any atom is 0.355 e. The number of aromatic nitrogens is 3. The molecule has 2 aromatic carbocycles. The van der Waals surface area contributed by atoms with Crippen molar-refractivity contribution in [1.82, 2.24) is 19.4 Å². The van der Waals surface area contributed by atoms with Gasteiger partial charge in [-0.1, -0.05) is 23.7 Å². The van der Waals surface area contributed by atoms with Gasteiger partial charge in [-0.3, -0.25) is 4.57 Å². The van der Waals surface area contributed by atoms with E-state index < -0.39 is 11.4 Å². The normalized spacial score (nSPS) is 14.2. The number of hydrogen-bond acceptors (Lipinski definition) is 7. The number of aliphatic hydroxyl groups excluding tert-OH is 1. The summed E-state index contributed by atoms with van der Waals surface area (Å²) in [5, 5.41) is 16.2. The number of nitrogens with one attached hydrogen (secondary N) is 2. The van der Waals surface area contributed by atoms with E-state index in [1.807, 2.05) is 24.3 Å². The van der Waals surface area contributed by atoms with Gasteiger partial charge in [-0.15, -0.1) is 0 Å². The van der Waals surface area contributed by atoms with Crippen molar-refractivity contribution in [2.24, 2.45) is 0 Å². The highest BCUT2D eigenvalue weighted by Gasteiger charge is 2.16. The molecule has 0 atom stereocenters. The number of benzene rings is 2. The van der Waals surface area contributed by atoms with Crippen LogP contribution in [0.4, 0.5) is 11.6 Å². The van der Waals surface area contributed by atoms with Crippen LogP contribution < -0.4 is 26.7 Å². The van der Waals surface area contributed by atoms with E-state index in [1.165, 1.54) is 4.57 Å². The summed E-state index contributed by atoms with van der Waals surface area (Å²) < 4.78 is 8.30. The second-order valence-electron chi connectivity index (χ2n) is 7.81. The van der Waals surface area contributed by atoms with Crippen LogP contribution in [0, 0.1) is 0 Å². The van der Waals surface area contributed by atoms with Crippen LogP contribution in [0.5, 0.6) is 5.75 Å². The van der Waals surface area contributed by atoms with Crippen LogP contribution in [0.1, 0.15) is 18.4 Å². The Labute approximate surface area is 195 Å². The fourth-order valence-corrected chi connectivity index (χ4v) is 3.81. The minimum Gasteiger partial charge on any atom is -0.490 e. The van der Waals surface area contributed by atoms with Gasteiger partial charge in [0.05, 0.1) is 19.7 Å². The van der Waals surface area contributed by atoms with E-state index in [9.17, 15) is 14.7 Å². The molecular formula is C23H26ClN5O4. The molecule has 1 aliphatic rings. The van der Waals surface area contributed by atoms with Crippen molar-refractivity contribution in [2.45, 2.75) is 32.0 Å². The van der Waals surface area contributed by atoms with Crippen molar-refractivity contribution in [2.75, 3.05) is 25.0 Å². The van der Waals surface area contributed by atoms with Gasteiger partial charge in [0.25, 0.3) is 0 Å². The summed E-state index contributed by atoms with van der Waals surface area (Å²) in [5.74, 6) is 0.874. The van der Waals surface area contributed by atoms with Crippen molar-refractivity contribution >= 4 is 23.2 Å². The lowest BCUT2D eigenvalue weighted by atomic mass is 10.1. The van der Waals surface area contributed by atoms with Gasteiger partial charge in [0.15, 0.2) is 0 Å². The minimum absolute atomic E-state index is 0.112. The number of hydrogen-bond donors (Lipinski definition) is 3. The van der Waals surface area contributed by atoms with Crippen molar-refractivity contribution in [3.05, 3.63) is 80.1 Å². The molecule has 0 amide bonds. The average Bonchev–Trinajstić information content (AvgIpc) is 2.82. The molecular weight excluding hydrogens is 446 g/mol. The molecule has 3 N–H and O–H groups in total. The van der Waals surface area contributed by atoms with Crippen molar-refractivity contribution < 1.29 is 9.84 Å². The number of aliphatic hydroxyl groups is 1. The van der Waals surface area contributed by atoms with E-state index in [2.05, 4.69) is 15.6 Å². The Morgan fingerprint density at radius 2 is 1.76 bits per heavy atom. The van der Waals surface area contributed by atoms with Crippen LogP contribution >= 0.6 is 11.6 Å². The lowest BCUT2D eigenvalue weighted by Gasteiger charge is -2.24. The molecule has 10 heteroatoms. The predicted octanol–water partition coefficient (Wildman–Crippen LogP) is 1.97. The van der Waals surface area contributed by atoms with E-state index in [0.717, 1.165) is 41.8 Å². The fourth-order valence-electron chi connectivity index (χ4n) is 3.68. The monoisotopic (exact) mass is 471 g/mol. The summed E-state index contributed by atoms with van der Waals surface area (Å²) in [4.78, 5) is 29.5. The summed E-state index contributed by atoms with van der Waals surface area (Å²) in [6.45, 7) is 1.59. The molecule has 2 heterocycles. The SMILES string of the molecule is O=c1nc(Nc2ccc(OC3CCNCC3)cc2)n(Cc2ccc(Cl)cc2)c(=O)n1CCO. The van der Waals surface area contributed by atoms with E-state index in [0.29, 0.717) is 10.7 Å². The molecule has 0 unspecified atom stereocenters. The van der Waals surface area contributed by atoms with Crippen LogP contribution in [0.2, 0.25) is 5.02 Å². The maximum absolute atomic E-state index is 13.0. The molecule has 0 spiro atoms. The number of halogens is 1. The van der Waals surface area contributed by atoms with E-state index in [-0.39, 0.29) is 31.7 Å². The molecule has 1 aliphatic heterocycles. The van der Waals surface area contributed by atoms with Gasteiger partial charge in [0.1, 0.15) is 11.9 Å². The maximum atomic E-state index is 13.0. The lowest BCUT2D eigenvalue weighted by Crippen LogP contribution is -2.43. The summed E-state index contributed by atoms with van der Waals surface area (Å²) >= 11 is 5.97. The fraction of sp³-hybridized carbons (Fsp3) is 0.348. The number of nitrogens with zero attached hydrogens (tertiary/aromatic N) is 3. The van der Waals surface area contributed by atoms with Crippen LogP contribution in [-0.2, 0) is 13.1 Å².